The van der Waals surface area contributed by atoms with Crippen LogP contribution in [-0.2, 0) is 4.74 Å². The van der Waals surface area contributed by atoms with Crippen molar-refractivity contribution in [2.75, 3.05) is 0 Å². The van der Waals surface area contributed by atoms with E-state index in [1.165, 1.54) is 12.5 Å². The summed E-state index contributed by atoms with van der Waals surface area (Å²) in [5.41, 5.74) is 0.911. The van der Waals surface area contributed by atoms with Gasteiger partial charge >= 0.3 is 5.97 Å². The van der Waals surface area contributed by atoms with Gasteiger partial charge in [0, 0.05) is 0 Å². The summed E-state index contributed by atoms with van der Waals surface area (Å²) >= 11 is 0. The van der Waals surface area contributed by atoms with Gasteiger partial charge in [0.05, 0.1) is 5.56 Å². The zero-order valence-corrected chi connectivity index (χ0v) is 10.9. The molecular weight excluding hydrogens is 231 g/mol. The third kappa shape index (κ3) is 3.09. The quantitative estimate of drug-likeness (QED) is 0.745. The lowest BCUT2D eigenvalue weighted by Gasteiger charge is -2.26. The largest absolute Gasteiger partial charge is 0.459 e. The molecule has 3 heteroatoms. The molecule has 0 radical (unpaired) electrons. The van der Waals surface area contributed by atoms with E-state index >= 15 is 0 Å². The maximum Gasteiger partial charge on any atom is 0.341 e. The SMILES string of the molecule is Cc1ccc(F)c(C(=O)OC2CCCC(C)C2)c1. The number of hydrogen-bond acceptors (Lipinski definition) is 2. The van der Waals surface area contributed by atoms with E-state index in [0.29, 0.717) is 5.92 Å². The Morgan fingerprint density at radius 3 is 2.89 bits per heavy atom. The van der Waals surface area contributed by atoms with Gasteiger partial charge in [-0.3, -0.25) is 0 Å². The molecule has 1 fully saturated rings. The molecule has 0 N–H and O–H groups in total. The predicted molar refractivity (Wildman–Crippen MR) is 68.0 cm³/mol. The van der Waals surface area contributed by atoms with Gasteiger partial charge in [-0.1, -0.05) is 25.0 Å². The molecule has 1 aromatic carbocycles. The topological polar surface area (TPSA) is 26.3 Å². The summed E-state index contributed by atoms with van der Waals surface area (Å²) in [5.74, 6) is -0.455. The first kappa shape index (κ1) is 13.1. The molecule has 0 aromatic heterocycles. The Hall–Kier alpha value is -1.38. The highest BCUT2D eigenvalue weighted by Crippen LogP contribution is 2.26. The maximum atomic E-state index is 13.6. The van der Waals surface area contributed by atoms with Gasteiger partial charge in [0.15, 0.2) is 0 Å². The first-order valence-electron chi connectivity index (χ1n) is 6.53. The molecule has 1 aromatic rings. The average Bonchev–Trinajstić information content (AvgIpc) is 2.32. The zero-order chi connectivity index (χ0) is 13.1. The van der Waals surface area contributed by atoms with Gasteiger partial charge in [-0.2, -0.15) is 0 Å². The molecule has 0 saturated heterocycles. The number of carbonyl (C=O) groups is 1. The summed E-state index contributed by atoms with van der Waals surface area (Å²) in [5, 5.41) is 0. The van der Waals surface area contributed by atoms with Crippen molar-refractivity contribution in [1.29, 1.82) is 0 Å². The molecule has 2 nitrogen and oxygen atoms in total. The van der Waals surface area contributed by atoms with Crippen LogP contribution in [0.3, 0.4) is 0 Å². The van der Waals surface area contributed by atoms with Gasteiger partial charge in [0.1, 0.15) is 11.9 Å². The van der Waals surface area contributed by atoms with Gasteiger partial charge in [-0.05, 0) is 44.2 Å². The minimum atomic E-state index is -0.532. The first-order chi connectivity index (χ1) is 8.56. The zero-order valence-electron chi connectivity index (χ0n) is 10.9. The number of ether oxygens (including phenoxy) is 1. The summed E-state index contributed by atoms with van der Waals surface area (Å²) in [7, 11) is 0. The van der Waals surface area contributed by atoms with E-state index in [4.69, 9.17) is 4.74 Å². The van der Waals surface area contributed by atoms with Gasteiger partial charge < -0.3 is 4.74 Å². The van der Waals surface area contributed by atoms with Crippen LogP contribution in [0, 0.1) is 18.7 Å². The summed E-state index contributed by atoms with van der Waals surface area (Å²) in [4.78, 5) is 11.9. The van der Waals surface area contributed by atoms with Gasteiger partial charge in [0.25, 0.3) is 0 Å². The van der Waals surface area contributed by atoms with Crippen LogP contribution in [0.2, 0.25) is 0 Å². The van der Waals surface area contributed by atoms with E-state index in [2.05, 4.69) is 6.92 Å². The lowest BCUT2D eigenvalue weighted by atomic mass is 9.89. The Labute approximate surface area is 107 Å². The number of aryl methyl sites for hydroxylation is 1. The number of carbonyl (C=O) groups excluding carboxylic acids is 1. The molecule has 0 aliphatic heterocycles. The van der Waals surface area contributed by atoms with Crippen molar-refractivity contribution in [1.82, 2.24) is 0 Å². The fraction of sp³-hybridized carbons (Fsp3) is 0.533. The predicted octanol–water partition coefficient (Wildman–Crippen LogP) is 3.87. The maximum absolute atomic E-state index is 13.6. The molecule has 18 heavy (non-hydrogen) atoms. The summed E-state index contributed by atoms with van der Waals surface area (Å²) in [6, 6.07) is 4.51. The summed E-state index contributed by atoms with van der Waals surface area (Å²) in [6.07, 6.45) is 3.99. The molecule has 2 atom stereocenters. The number of halogens is 1. The van der Waals surface area contributed by atoms with Gasteiger partial charge in [-0.15, -0.1) is 0 Å². The Kier molecular flexibility index (Phi) is 4.00. The Morgan fingerprint density at radius 2 is 2.17 bits per heavy atom. The van der Waals surface area contributed by atoms with Crippen molar-refractivity contribution in [3.63, 3.8) is 0 Å². The van der Waals surface area contributed by atoms with Crippen molar-refractivity contribution in [3.05, 3.63) is 35.1 Å². The second-order valence-electron chi connectivity index (χ2n) is 5.28. The molecule has 98 valence electrons. The highest BCUT2D eigenvalue weighted by atomic mass is 19.1. The van der Waals surface area contributed by atoms with Crippen molar-refractivity contribution in [2.45, 2.75) is 45.6 Å². The monoisotopic (exact) mass is 250 g/mol. The smallest absolute Gasteiger partial charge is 0.341 e. The lowest BCUT2D eigenvalue weighted by Crippen LogP contribution is -2.25. The molecule has 0 bridgehead atoms. The van der Waals surface area contributed by atoms with Gasteiger partial charge in [-0.25, -0.2) is 9.18 Å². The lowest BCUT2D eigenvalue weighted by molar-refractivity contribution is 0.0150. The second-order valence-corrected chi connectivity index (χ2v) is 5.28. The van der Waals surface area contributed by atoms with Crippen molar-refractivity contribution in [3.8, 4) is 0 Å². The molecule has 1 aliphatic carbocycles. The van der Waals surface area contributed by atoms with Crippen LogP contribution in [0.1, 0.15) is 48.5 Å². The van der Waals surface area contributed by atoms with Crippen LogP contribution in [0.4, 0.5) is 4.39 Å². The van der Waals surface area contributed by atoms with E-state index < -0.39 is 11.8 Å². The summed E-state index contributed by atoms with van der Waals surface area (Å²) in [6.45, 7) is 3.99. The van der Waals surface area contributed by atoms with E-state index in [9.17, 15) is 9.18 Å². The minimum Gasteiger partial charge on any atom is -0.459 e. The second kappa shape index (κ2) is 5.51. The number of benzene rings is 1. The number of hydrogen-bond donors (Lipinski definition) is 0. The molecule has 0 spiro atoms. The molecular formula is C15H19FO2. The van der Waals surface area contributed by atoms with Crippen LogP contribution in [-0.4, -0.2) is 12.1 Å². The van der Waals surface area contributed by atoms with E-state index in [1.54, 1.807) is 12.1 Å². The summed E-state index contributed by atoms with van der Waals surface area (Å²) < 4.78 is 19.0. The first-order valence-corrected chi connectivity index (χ1v) is 6.53. The number of rotatable bonds is 2. The van der Waals surface area contributed by atoms with Crippen LogP contribution >= 0.6 is 0 Å². The highest BCUT2D eigenvalue weighted by Gasteiger charge is 2.24. The fourth-order valence-electron chi connectivity index (χ4n) is 2.50. The Balaban J connectivity index is 2.05. The molecule has 1 saturated carbocycles. The normalized spacial score (nSPS) is 23.7. The van der Waals surface area contributed by atoms with Crippen LogP contribution < -0.4 is 0 Å². The Bertz CT molecular complexity index is 442. The third-order valence-electron chi connectivity index (χ3n) is 3.50. The fourth-order valence-corrected chi connectivity index (χ4v) is 2.50. The van der Waals surface area contributed by atoms with Crippen LogP contribution in [0.15, 0.2) is 18.2 Å². The number of esters is 1. The minimum absolute atomic E-state index is 0.0493. The van der Waals surface area contributed by atoms with Crippen molar-refractivity contribution < 1.29 is 13.9 Å². The molecule has 1 aliphatic rings. The molecule has 2 rings (SSSR count). The van der Waals surface area contributed by atoms with Crippen LogP contribution in [0.5, 0.6) is 0 Å². The standard InChI is InChI=1S/C15H19FO2/c1-10-4-3-5-12(8-10)18-15(17)13-9-11(2)6-7-14(13)16/h6-7,9-10,12H,3-5,8H2,1-2H3. The third-order valence-corrected chi connectivity index (χ3v) is 3.50. The van der Waals surface area contributed by atoms with Crippen LogP contribution in [0.25, 0.3) is 0 Å². The molecule has 0 amide bonds. The van der Waals surface area contributed by atoms with E-state index in [-0.39, 0.29) is 11.7 Å². The van der Waals surface area contributed by atoms with Crippen molar-refractivity contribution in [2.24, 2.45) is 5.92 Å². The van der Waals surface area contributed by atoms with Gasteiger partial charge in [0.2, 0.25) is 0 Å². The van der Waals surface area contributed by atoms with Crippen molar-refractivity contribution >= 4 is 5.97 Å². The van der Waals surface area contributed by atoms with E-state index in [0.717, 1.165) is 24.8 Å². The van der Waals surface area contributed by atoms with E-state index in [1.807, 2.05) is 6.92 Å². The molecule has 0 heterocycles. The average molecular weight is 250 g/mol. The Morgan fingerprint density at radius 1 is 1.39 bits per heavy atom. The highest BCUT2D eigenvalue weighted by molar-refractivity contribution is 5.90. The molecule has 2 unspecified atom stereocenters.